The van der Waals surface area contributed by atoms with Gasteiger partial charge in [-0.25, -0.2) is 0 Å². The van der Waals surface area contributed by atoms with Crippen molar-refractivity contribution < 1.29 is 9.53 Å². The highest BCUT2D eigenvalue weighted by Crippen LogP contribution is 2.32. The fourth-order valence-electron chi connectivity index (χ4n) is 2.71. The maximum Gasteiger partial charge on any atom is 0.133 e. The van der Waals surface area contributed by atoms with Gasteiger partial charge >= 0.3 is 0 Å². The number of carbonyl (C=O) groups excluding carboxylic acids is 1. The van der Waals surface area contributed by atoms with Gasteiger partial charge in [0.15, 0.2) is 0 Å². The number of Topliss-reactive ketones (excluding diaryl/α,β-unsaturated/α-hetero) is 1. The van der Waals surface area contributed by atoms with Gasteiger partial charge in [-0.2, -0.15) is 0 Å². The second-order valence-corrected chi connectivity index (χ2v) is 7.09. The summed E-state index contributed by atoms with van der Waals surface area (Å²) >= 11 is 0. The molecule has 118 valence electrons. The molecule has 0 aliphatic heterocycles. The zero-order chi connectivity index (χ0) is 16.0. The van der Waals surface area contributed by atoms with Crippen molar-refractivity contribution in [3.63, 3.8) is 0 Å². The molecule has 2 nitrogen and oxygen atoms in total. The molecule has 21 heavy (non-hydrogen) atoms. The fourth-order valence-corrected chi connectivity index (χ4v) is 2.71. The average molecular weight is 290 g/mol. The summed E-state index contributed by atoms with van der Waals surface area (Å²) in [6.07, 6.45) is 3.29. The minimum Gasteiger partial charge on any atom is -0.496 e. The van der Waals surface area contributed by atoms with Crippen LogP contribution in [0.25, 0.3) is 0 Å². The summed E-state index contributed by atoms with van der Waals surface area (Å²) in [7, 11) is 1.72. The molecular formula is C19H30O2. The average Bonchev–Trinajstić information content (AvgIpc) is 2.37. The van der Waals surface area contributed by atoms with Gasteiger partial charge in [-0.15, -0.1) is 0 Å². The lowest BCUT2D eigenvalue weighted by Crippen LogP contribution is -2.14. The van der Waals surface area contributed by atoms with E-state index in [1.807, 2.05) is 0 Å². The lowest BCUT2D eigenvalue weighted by molar-refractivity contribution is -0.119. The number of rotatable bonds is 7. The highest BCUT2D eigenvalue weighted by atomic mass is 16.5. The molecule has 0 saturated carbocycles. The zero-order valence-electron chi connectivity index (χ0n) is 14.5. The number of methoxy groups -OCH3 is 1. The number of carbonyl (C=O) groups is 1. The van der Waals surface area contributed by atoms with E-state index in [4.69, 9.17) is 4.74 Å². The van der Waals surface area contributed by atoms with Crippen molar-refractivity contribution in [2.24, 2.45) is 5.92 Å². The van der Waals surface area contributed by atoms with Crippen LogP contribution in [0.1, 0.15) is 65.0 Å². The molecule has 0 aliphatic carbocycles. The van der Waals surface area contributed by atoms with Crippen LogP contribution in [0.4, 0.5) is 0 Å². The van der Waals surface area contributed by atoms with E-state index in [0.717, 1.165) is 18.6 Å². The number of ketones is 1. The van der Waals surface area contributed by atoms with Crippen LogP contribution < -0.4 is 4.74 Å². The monoisotopic (exact) mass is 290 g/mol. The van der Waals surface area contributed by atoms with Gasteiger partial charge in [0.1, 0.15) is 11.5 Å². The molecule has 0 bridgehead atoms. The van der Waals surface area contributed by atoms with Crippen molar-refractivity contribution in [1.82, 2.24) is 0 Å². The Kier molecular flexibility index (Phi) is 6.44. The maximum atomic E-state index is 11.8. The summed E-state index contributed by atoms with van der Waals surface area (Å²) in [5.74, 6) is 1.72. The van der Waals surface area contributed by atoms with E-state index in [0.29, 0.717) is 24.5 Å². The summed E-state index contributed by atoms with van der Waals surface area (Å²) in [6.45, 7) is 10.8. The van der Waals surface area contributed by atoms with Crippen LogP contribution in [-0.2, 0) is 16.6 Å². The van der Waals surface area contributed by atoms with E-state index in [9.17, 15) is 4.79 Å². The lowest BCUT2D eigenvalue weighted by atomic mass is 9.84. The smallest absolute Gasteiger partial charge is 0.133 e. The van der Waals surface area contributed by atoms with Gasteiger partial charge in [-0.05, 0) is 41.4 Å². The first-order chi connectivity index (χ1) is 9.77. The standard InChI is InChI=1S/C19H30O2/c1-7-8-16(20)12-14(2)11-15-9-10-18(21-6)17(13-15)19(3,4)5/h9-10,13-14H,7-8,11-12H2,1-6H3. The quantitative estimate of drug-likeness (QED) is 0.711. The highest BCUT2D eigenvalue weighted by Gasteiger charge is 2.20. The normalized spacial score (nSPS) is 13.0. The van der Waals surface area contributed by atoms with Crippen LogP contribution in [0.2, 0.25) is 0 Å². The predicted octanol–water partition coefficient (Wildman–Crippen LogP) is 4.93. The summed E-state index contributed by atoms with van der Waals surface area (Å²) in [6, 6.07) is 6.41. The first-order valence-electron chi connectivity index (χ1n) is 7.97. The van der Waals surface area contributed by atoms with Crippen LogP contribution in [0.15, 0.2) is 18.2 Å². The lowest BCUT2D eigenvalue weighted by Gasteiger charge is -2.23. The van der Waals surface area contributed by atoms with Gasteiger partial charge in [-0.1, -0.05) is 46.8 Å². The fraction of sp³-hybridized carbons (Fsp3) is 0.632. The molecule has 0 heterocycles. The summed E-state index contributed by atoms with van der Waals surface area (Å²) in [5, 5.41) is 0. The van der Waals surface area contributed by atoms with E-state index in [1.54, 1.807) is 7.11 Å². The molecule has 0 spiro atoms. The van der Waals surface area contributed by atoms with E-state index in [1.165, 1.54) is 11.1 Å². The third kappa shape index (κ3) is 5.53. The molecule has 2 heteroatoms. The predicted molar refractivity (Wildman–Crippen MR) is 89.1 cm³/mol. The number of ether oxygens (including phenoxy) is 1. The largest absolute Gasteiger partial charge is 0.496 e. The summed E-state index contributed by atoms with van der Waals surface area (Å²) < 4.78 is 5.47. The van der Waals surface area contributed by atoms with Gasteiger partial charge in [0, 0.05) is 12.8 Å². The van der Waals surface area contributed by atoms with Crippen LogP contribution in [0, 0.1) is 5.92 Å². The second-order valence-electron chi connectivity index (χ2n) is 7.09. The first kappa shape index (κ1) is 17.7. The van der Waals surface area contributed by atoms with E-state index in [2.05, 4.69) is 52.8 Å². The molecule has 1 rings (SSSR count). The van der Waals surface area contributed by atoms with Gasteiger partial charge in [0.2, 0.25) is 0 Å². The molecular weight excluding hydrogens is 260 g/mol. The Morgan fingerprint density at radius 3 is 2.48 bits per heavy atom. The molecule has 1 unspecified atom stereocenters. The highest BCUT2D eigenvalue weighted by molar-refractivity contribution is 5.78. The molecule has 0 N–H and O–H groups in total. The van der Waals surface area contributed by atoms with Crippen molar-refractivity contribution in [2.75, 3.05) is 7.11 Å². The maximum absolute atomic E-state index is 11.8. The Morgan fingerprint density at radius 2 is 1.95 bits per heavy atom. The molecule has 0 aliphatic rings. The topological polar surface area (TPSA) is 26.3 Å². The molecule has 1 atom stereocenters. The van der Waals surface area contributed by atoms with E-state index < -0.39 is 0 Å². The van der Waals surface area contributed by atoms with Crippen molar-refractivity contribution >= 4 is 5.78 Å². The molecule has 0 aromatic heterocycles. The Hall–Kier alpha value is -1.31. The Labute approximate surface area is 129 Å². The molecule has 0 fully saturated rings. The molecule has 1 aromatic rings. The van der Waals surface area contributed by atoms with Gasteiger partial charge in [0.25, 0.3) is 0 Å². The zero-order valence-corrected chi connectivity index (χ0v) is 14.5. The Balaban J connectivity index is 2.83. The summed E-state index contributed by atoms with van der Waals surface area (Å²) in [4.78, 5) is 11.8. The molecule has 1 aromatic carbocycles. The number of hydrogen-bond acceptors (Lipinski definition) is 2. The molecule has 0 radical (unpaired) electrons. The van der Waals surface area contributed by atoms with Crippen LogP contribution in [0.5, 0.6) is 5.75 Å². The van der Waals surface area contributed by atoms with Gasteiger partial charge in [-0.3, -0.25) is 4.79 Å². The molecule has 0 amide bonds. The van der Waals surface area contributed by atoms with Crippen molar-refractivity contribution in [2.45, 2.75) is 65.7 Å². The van der Waals surface area contributed by atoms with E-state index in [-0.39, 0.29) is 5.41 Å². The van der Waals surface area contributed by atoms with Crippen molar-refractivity contribution in [3.8, 4) is 5.75 Å². The third-order valence-corrected chi connectivity index (χ3v) is 3.76. The Morgan fingerprint density at radius 1 is 1.29 bits per heavy atom. The first-order valence-corrected chi connectivity index (χ1v) is 7.97. The van der Waals surface area contributed by atoms with Gasteiger partial charge < -0.3 is 4.74 Å². The van der Waals surface area contributed by atoms with Crippen LogP contribution >= 0.6 is 0 Å². The number of hydrogen-bond donors (Lipinski definition) is 0. The number of benzene rings is 1. The van der Waals surface area contributed by atoms with Crippen molar-refractivity contribution in [1.29, 1.82) is 0 Å². The van der Waals surface area contributed by atoms with E-state index >= 15 is 0 Å². The van der Waals surface area contributed by atoms with Gasteiger partial charge in [0.05, 0.1) is 7.11 Å². The minimum absolute atomic E-state index is 0.0582. The SMILES string of the molecule is CCCC(=O)CC(C)Cc1ccc(OC)c(C(C)(C)C)c1. The molecule has 0 saturated heterocycles. The third-order valence-electron chi connectivity index (χ3n) is 3.76. The second kappa shape index (κ2) is 7.63. The summed E-state index contributed by atoms with van der Waals surface area (Å²) in [5.41, 5.74) is 2.58. The van der Waals surface area contributed by atoms with Crippen molar-refractivity contribution in [3.05, 3.63) is 29.3 Å². The van der Waals surface area contributed by atoms with Crippen LogP contribution in [-0.4, -0.2) is 12.9 Å². The Bertz CT molecular complexity index is 469. The van der Waals surface area contributed by atoms with Crippen LogP contribution in [0.3, 0.4) is 0 Å². The minimum atomic E-state index is 0.0582.